The van der Waals surface area contributed by atoms with E-state index < -0.39 is 0 Å². The third kappa shape index (κ3) is 3.04. The molecule has 0 spiro atoms. The lowest BCUT2D eigenvalue weighted by Crippen LogP contribution is -2.08. The molecule has 4 nitrogen and oxygen atoms in total. The summed E-state index contributed by atoms with van der Waals surface area (Å²) in [5, 5.41) is 4.25. The third-order valence-electron chi connectivity index (χ3n) is 2.88. The van der Waals surface area contributed by atoms with E-state index in [1.807, 2.05) is 31.2 Å². The summed E-state index contributed by atoms with van der Waals surface area (Å²) in [5.41, 5.74) is 2.45. The Bertz CT molecular complexity index is 593. The van der Waals surface area contributed by atoms with Crippen LogP contribution in [0.25, 0.3) is 0 Å². The molecule has 0 N–H and O–H groups in total. The van der Waals surface area contributed by atoms with Crippen molar-refractivity contribution in [3.63, 3.8) is 0 Å². The van der Waals surface area contributed by atoms with Gasteiger partial charge in [0.15, 0.2) is 0 Å². The van der Waals surface area contributed by atoms with Crippen LogP contribution in [0.2, 0.25) is 0 Å². The molecule has 0 atom stereocenters. The van der Waals surface area contributed by atoms with Crippen molar-refractivity contribution in [2.75, 3.05) is 6.61 Å². The van der Waals surface area contributed by atoms with Gasteiger partial charge < -0.3 is 4.74 Å². The van der Waals surface area contributed by atoms with Gasteiger partial charge in [-0.05, 0) is 25.5 Å². The Morgan fingerprint density at radius 3 is 2.84 bits per heavy atom. The smallest absolute Gasteiger partial charge is 0.341 e. The first-order valence-electron chi connectivity index (χ1n) is 6.06. The quantitative estimate of drug-likeness (QED) is 0.812. The lowest BCUT2D eigenvalue weighted by molar-refractivity contribution is 0.0525. The average molecular weight is 323 g/mol. The van der Waals surface area contributed by atoms with E-state index in [1.54, 1.807) is 17.8 Å². The van der Waals surface area contributed by atoms with Crippen LogP contribution in [0, 0.1) is 6.92 Å². The Hall–Kier alpha value is -1.62. The number of rotatable bonds is 4. The predicted octanol–water partition coefficient (Wildman–Crippen LogP) is 3.18. The lowest BCUT2D eigenvalue weighted by atomic mass is 10.2. The fourth-order valence-electron chi connectivity index (χ4n) is 1.80. The maximum atomic E-state index is 11.7. The van der Waals surface area contributed by atoms with Gasteiger partial charge in [0, 0.05) is 4.47 Å². The maximum Gasteiger partial charge on any atom is 0.341 e. The van der Waals surface area contributed by atoms with Crippen molar-refractivity contribution in [1.29, 1.82) is 0 Å². The topological polar surface area (TPSA) is 44.1 Å². The van der Waals surface area contributed by atoms with Crippen LogP contribution in [0.15, 0.2) is 34.9 Å². The molecule has 2 aromatic rings. The van der Waals surface area contributed by atoms with Gasteiger partial charge in [-0.1, -0.05) is 34.1 Å². The lowest BCUT2D eigenvalue weighted by Gasteiger charge is -2.07. The van der Waals surface area contributed by atoms with Crippen molar-refractivity contribution < 1.29 is 9.53 Å². The Kier molecular flexibility index (Phi) is 4.37. The van der Waals surface area contributed by atoms with Crippen molar-refractivity contribution in [2.45, 2.75) is 20.4 Å². The Morgan fingerprint density at radius 2 is 2.16 bits per heavy atom. The molecule has 0 bridgehead atoms. The van der Waals surface area contributed by atoms with Gasteiger partial charge >= 0.3 is 5.97 Å². The molecule has 5 heteroatoms. The van der Waals surface area contributed by atoms with Gasteiger partial charge in [-0.2, -0.15) is 5.10 Å². The molecule has 1 heterocycles. The molecule has 0 radical (unpaired) electrons. The monoisotopic (exact) mass is 322 g/mol. The summed E-state index contributed by atoms with van der Waals surface area (Å²) in [6.07, 6.45) is 1.56. The Labute approximate surface area is 120 Å². The minimum atomic E-state index is -0.321. The van der Waals surface area contributed by atoms with Crippen LogP contribution in [0.5, 0.6) is 0 Å². The highest BCUT2D eigenvalue weighted by atomic mass is 79.9. The third-order valence-corrected chi connectivity index (χ3v) is 3.65. The highest BCUT2D eigenvalue weighted by molar-refractivity contribution is 9.10. The molecule has 0 unspecified atom stereocenters. The second kappa shape index (κ2) is 6.02. The highest BCUT2D eigenvalue weighted by Gasteiger charge is 2.15. The first kappa shape index (κ1) is 13.8. The van der Waals surface area contributed by atoms with Crippen molar-refractivity contribution in [3.05, 3.63) is 51.8 Å². The Balaban J connectivity index is 2.23. The molecule has 19 heavy (non-hydrogen) atoms. The molecule has 0 amide bonds. The van der Waals surface area contributed by atoms with Crippen LogP contribution in [0.3, 0.4) is 0 Å². The first-order chi connectivity index (χ1) is 9.13. The number of esters is 1. The van der Waals surface area contributed by atoms with Gasteiger partial charge in [-0.15, -0.1) is 0 Å². The zero-order valence-electron chi connectivity index (χ0n) is 10.9. The minimum Gasteiger partial charge on any atom is -0.462 e. The number of ether oxygens (including phenoxy) is 1. The minimum absolute atomic E-state index is 0.321. The number of hydrogen-bond donors (Lipinski definition) is 0. The second-order valence-corrected chi connectivity index (χ2v) is 4.97. The normalized spacial score (nSPS) is 10.5. The largest absolute Gasteiger partial charge is 0.462 e. The summed E-state index contributed by atoms with van der Waals surface area (Å²) in [6.45, 7) is 4.65. The average Bonchev–Trinajstić information content (AvgIpc) is 2.74. The van der Waals surface area contributed by atoms with Crippen LogP contribution in [0.4, 0.5) is 0 Å². The van der Waals surface area contributed by atoms with Crippen LogP contribution in [-0.4, -0.2) is 22.4 Å². The van der Waals surface area contributed by atoms with Gasteiger partial charge in [-0.3, -0.25) is 4.68 Å². The van der Waals surface area contributed by atoms with E-state index in [4.69, 9.17) is 4.74 Å². The first-order valence-corrected chi connectivity index (χ1v) is 6.85. The maximum absolute atomic E-state index is 11.7. The van der Waals surface area contributed by atoms with E-state index in [-0.39, 0.29) is 5.97 Å². The van der Waals surface area contributed by atoms with E-state index >= 15 is 0 Å². The zero-order chi connectivity index (χ0) is 13.8. The molecule has 1 aromatic carbocycles. The molecule has 0 saturated heterocycles. The summed E-state index contributed by atoms with van der Waals surface area (Å²) in [6, 6.07) is 7.95. The zero-order valence-corrected chi connectivity index (χ0v) is 12.5. The molecule has 0 saturated carbocycles. The fourth-order valence-corrected chi connectivity index (χ4v) is 2.21. The van der Waals surface area contributed by atoms with Gasteiger partial charge in [-0.25, -0.2) is 4.79 Å². The number of benzene rings is 1. The molecule has 0 aliphatic heterocycles. The Morgan fingerprint density at radius 1 is 1.42 bits per heavy atom. The predicted molar refractivity (Wildman–Crippen MR) is 76.2 cm³/mol. The molecule has 1 aromatic heterocycles. The van der Waals surface area contributed by atoms with E-state index in [0.717, 1.165) is 15.7 Å². The summed E-state index contributed by atoms with van der Waals surface area (Å²) in [4.78, 5) is 11.7. The van der Waals surface area contributed by atoms with Gasteiger partial charge in [0.05, 0.1) is 25.0 Å². The van der Waals surface area contributed by atoms with Gasteiger partial charge in [0.2, 0.25) is 0 Å². The van der Waals surface area contributed by atoms with Gasteiger partial charge in [0.25, 0.3) is 0 Å². The second-order valence-electron chi connectivity index (χ2n) is 4.11. The van der Waals surface area contributed by atoms with Crippen LogP contribution in [-0.2, 0) is 11.3 Å². The molecule has 0 fully saturated rings. The number of halogens is 1. The molecular weight excluding hydrogens is 308 g/mol. The van der Waals surface area contributed by atoms with Crippen LogP contribution < -0.4 is 0 Å². The van der Waals surface area contributed by atoms with Crippen molar-refractivity contribution >= 4 is 21.9 Å². The number of aromatic nitrogens is 2. The van der Waals surface area contributed by atoms with E-state index in [1.165, 1.54) is 0 Å². The van der Waals surface area contributed by atoms with Gasteiger partial charge in [0.1, 0.15) is 5.56 Å². The summed E-state index contributed by atoms with van der Waals surface area (Å²) in [5.74, 6) is -0.321. The van der Waals surface area contributed by atoms with Crippen molar-refractivity contribution in [3.8, 4) is 0 Å². The molecule has 0 aliphatic rings. The van der Waals surface area contributed by atoms with Crippen LogP contribution in [0.1, 0.15) is 28.5 Å². The van der Waals surface area contributed by atoms with E-state index in [0.29, 0.717) is 18.7 Å². The van der Waals surface area contributed by atoms with E-state index in [2.05, 4.69) is 21.0 Å². The summed E-state index contributed by atoms with van der Waals surface area (Å²) in [7, 11) is 0. The van der Waals surface area contributed by atoms with Crippen molar-refractivity contribution in [1.82, 2.24) is 9.78 Å². The SMILES string of the molecule is CCOC(=O)c1cnn(Cc2ccccc2Br)c1C. The van der Waals surface area contributed by atoms with Crippen LogP contribution >= 0.6 is 15.9 Å². The molecule has 100 valence electrons. The number of carbonyl (C=O) groups is 1. The molecule has 2 rings (SSSR count). The molecular formula is C14H15BrN2O2. The highest BCUT2D eigenvalue weighted by Crippen LogP contribution is 2.18. The number of nitrogens with zero attached hydrogens (tertiary/aromatic N) is 2. The number of carbonyl (C=O) groups excluding carboxylic acids is 1. The van der Waals surface area contributed by atoms with E-state index in [9.17, 15) is 4.79 Å². The van der Waals surface area contributed by atoms with Crippen molar-refractivity contribution in [2.24, 2.45) is 0 Å². The molecule has 0 aliphatic carbocycles. The summed E-state index contributed by atoms with van der Waals surface area (Å²) < 4.78 is 7.82. The number of hydrogen-bond acceptors (Lipinski definition) is 3. The summed E-state index contributed by atoms with van der Waals surface area (Å²) >= 11 is 3.51. The standard InChI is InChI=1S/C14H15BrN2O2/c1-3-19-14(18)12-8-16-17(10(12)2)9-11-6-4-5-7-13(11)15/h4-8H,3,9H2,1-2H3. The fraction of sp³-hybridized carbons (Fsp3) is 0.286.